The lowest BCUT2D eigenvalue weighted by Gasteiger charge is -2.05. The highest BCUT2D eigenvalue weighted by molar-refractivity contribution is 14.1. The average Bonchev–Trinajstić information content (AvgIpc) is 2.15. The maximum atomic E-state index is 12.5. The highest BCUT2D eigenvalue weighted by Crippen LogP contribution is 2.32. The summed E-state index contributed by atoms with van der Waals surface area (Å²) in [5.74, 6) is 0. The van der Waals surface area contributed by atoms with Crippen molar-refractivity contribution in [1.82, 2.24) is 4.98 Å². The van der Waals surface area contributed by atoms with Crippen molar-refractivity contribution in [2.24, 2.45) is 0 Å². The molecular formula is C7H4BrF2IN2O2. The van der Waals surface area contributed by atoms with Crippen LogP contribution in [0.3, 0.4) is 0 Å². The normalized spacial score (nSPS) is 10.7. The predicted octanol–water partition coefficient (Wildman–Crippen LogP) is 3.43. The first-order valence-electron chi connectivity index (χ1n) is 3.65. The molecule has 1 aromatic heterocycles. The van der Waals surface area contributed by atoms with Gasteiger partial charge in [0.1, 0.15) is 3.70 Å². The van der Waals surface area contributed by atoms with Crippen LogP contribution in [0.25, 0.3) is 0 Å². The maximum absolute atomic E-state index is 12.5. The monoisotopic (exact) mass is 392 g/mol. The van der Waals surface area contributed by atoms with Crippen LogP contribution in [0.15, 0.2) is 6.07 Å². The van der Waals surface area contributed by atoms with Gasteiger partial charge in [-0.1, -0.05) is 15.9 Å². The molecule has 0 fully saturated rings. The van der Waals surface area contributed by atoms with Gasteiger partial charge >= 0.3 is 5.69 Å². The van der Waals surface area contributed by atoms with E-state index in [0.29, 0.717) is 3.70 Å². The van der Waals surface area contributed by atoms with Crippen molar-refractivity contribution in [2.45, 2.75) is 11.8 Å². The van der Waals surface area contributed by atoms with Gasteiger partial charge in [-0.3, -0.25) is 10.1 Å². The molecule has 0 unspecified atom stereocenters. The molecule has 0 saturated heterocycles. The number of nitro groups is 1. The van der Waals surface area contributed by atoms with E-state index < -0.39 is 22.7 Å². The predicted molar refractivity (Wildman–Crippen MR) is 61.2 cm³/mol. The molecule has 1 rings (SSSR count). The molecule has 0 amide bonds. The number of aromatic nitrogens is 1. The van der Waals surface area contributed by atoms with Crippen LogP contribution in [0.1, 0.15) is 17.7 Å². The molecule has 0 bridgehead atoms. The van der Waals surface area contributed by atoms with E-state index in [-0.39, 0.29) is 10.9 Å². The number of pyridine rings is 1. The Labute approximate surface area is 105 Å². The van der Waals surface area contributed by atoms with Gasteiger partial charge in [0, 0.05) is 10.9 Å². The summed E-state index contributed by atoms with van der Waals surface area (Å²) in [6, 6.07) is 1.40. The molecule has 0 N–H and O–H groups in total. The molecule has 1 heterocycles. The van der Waals surface area contributed by atoms with Crippen LogP contribution in [0.2, 0.25) is 0 Å². The Kier molecular flexibility index (Phi) is 4.32. The Bertz CT molecular complexity index is 403. The third-order valence-corrected chi connectivity index (χ3v) is 2.76. The highest BCUT2D eigenvalue weighted by Gasteiger charge is 2.27. The minimum atomic E-state index is -2.95. The van der Waals surface area contributed by atoms with Crippen LogP contribution in [0.4, 0.5) is 14.5 Å². The third-order valence-electron chi connectivity index (χ3n) is 1.60. The smallest absolute Gasteiger partial charge is 0.258 e. The van der Waals surface area contributed by atoms with E-state index in [4.69, 9.17) is 0 Å². The topological polar surface area (TPSA) is 56.0 Å². The van der Waals surface area contributed by atoms with Gasteiger partial charge in [0.2, 0.25) is 0 Å². The third kappa shape index (κ3) is 2.80. The lowest BCUT2D eigenvalue weighted by atomic mass is 10.2. The van der Waals surface area contributed by atoms with Gasteiger partial charge in [0.05, 0.1) is 4.92 Å². The molecule has 0 aliphatic heterocycles. The Morgan fingerprint density at radius 3 is 2.67 bits per heavy atom. The zero-order valence-corrected chi connectivity index (χ0v) is 10.8. The molecule has 0 atom stereocenters. The number of hydrogen-bond acceptors (Lipinski definition) is 3. The molecular weight excluding hydrogens is 389 g/mol. The second-order valence-corrected chi connectivity index (χ2v) is 4.20. The molecule has 4 nitrogen and oxygen atoms in total. The van der Waals surface area contributed by atoms with E-state index in [0.717, 1.165) is 0 Å². The second kappa shape index (κ2) is 5.10. The number of rotatable bonds is 3. The van der Waals surface area contributed by atoms with Crippen LogP contribution in [-0.2, 0) is 5.33 Å². The number of halogens is 4. The van der Waals surface area contributed by atoms with Gasteiger partial charge < -0.3 is 0 Å². The van der Waals surface area contributed by atoms with Crippen molar-refractivity contribution in [3.05, 3.63) is 31.1 Å². The SMILES string of the molecule is O=[N+]([O-])c1c(CBr)cc(I)nc1C(F)F. The van der Waals surface area contributed by atoms with Crippen LogP contribution in [0.5, 0.6) is 0 Å². The van der Waals surface area contributed by atoms with Crippen molar-refractivity contribution in [3.63, 3.8) is 0 Å². The average molecular weight is 393 g/mol. The molecule has 0 aromatic carbocycles. The Balaban J connectivity index is 3.47. The molecule has 15 heavy (non-hydrogen) atoms. The van der Waals surface area contributed by atoms with Crippen molar-refractivity contribution in [2.75, 3.05) is 0 Å². The van der Waals surface area contributed by atoms with E-state index in [1.165, 1.54) is 6.07 Å². The Hall–Kier alpha value is -0.380. The van der Waals surface area contributed by atoms with Gasteiger partial charge in [-0.15, -0.1) is 0 Å². The highest BCUT2D eigenvalue weighted by atomic mass is 127. The van der Waals surface area contributed by atoms with Gasteiger partial charge in [-0.05, 0) is 28.7 Å². The Morgan fingerprint density at radius 1 is 1.67 bits per heavy atom. The molecule has 0 saturated carbocycles. The van der Waals surface area contributed by atoms with E-state index in [2.05, 4.69) is 20.9 Å². The van der Waals surface area contributed by atoms with Crippen molar-refractivity contribution >= 4 is 44.2 Å². The number of alkyl halides is 3. The molecule has 0 radical (unpaired) electrons. The minimum Gasteiger partial charge on any atom is -0.258 e. The van der Waals surface area contributed by atoms with Gasteiger partial charge in [0.25, 0.3) is 6.43 Å². The fourth-order valence-corrected chi connectivity index (χ4v) is 2.10. The number of hydrogen-bond donors (Lipinski definition) is 0. The van der Waals surface area contributed by atoms with E-state index in [9.17, 15) is 18.9 Å². The van der Waals surface area contributed by atoms with Crippen LogP contribution >= 0.6 is 38.5 Å². The first-order chi connectivity index (χ1) is 6.97. The molecule has 82 valence electrons. The molecule has 8 heteroatoms. The van der Waals surface area contributed by atoms with Crippen LogP contribution in [0, 0.1) is 13.8 Å². The maximum Gasteiger partial charge on any atom is 0.300 e. The summed E-state index contributed by atoms with van der Waals surface area (Å²) in [4.78, 5) is 13.3. The van der Waals surface area contributed by atoms with Gasteiger partial charge in [-0.25, -0.2) is 13.8 Å². The zero-order valence-electron chi connectivity index (χ0n) is 7.08. The molecule has 0 spiro atoms. The van der Waals surface area contributed by atoms with E-state index in [1.807, 2.05) is 0 Å². The fourth-order valence-electron chi connectivity index (χ4n) is 1.04. The fraction of sp³-hybridized carbons (Fsp3) is 0.286. The largest absolute Gasteiger partial charge is 0.300 e. The summed E-state index contributed by atoms with van der Waals surface area (Å²) in [5.41, 5.74) is -1.18. The van der Waals surface area contributed by atoms with Crippen LogP contribution < -0.4 is 0 Å². The summed E-state index contributed by atoms with van der Waals surface area (Å²) < 4.78 is 25.3. The first-order valence-corrected chi connectivity index (χ1v) is 5.85. The zero-order chi connectivity index (χ0) is 11.6. The molecule has 0 aliphatic rings. The Morgan fingerprint density at radius 2 is 2.27 bits per heavy atom. The lowest BCUT2D eigenvalue weighted by molar-refractivity contribution is -0.387. The van der Waals surface area contributed by atoms with E-state index in [1.54, 1.807) is 22.6 Å². The summed E-state index contributed by atoms with van der Waals surface area (Å²) in [7, 11) is 0. The summed E-state index contributed by atoms with van der Waals surface area (Å²) in [5, 5.41) is 10.8. The first kappa shape index (κ1) is 12.7. The van der Waals surface area contributed by atoms with Crippen molar-refractivity contribution in [1.29, 1.82) is 0 Å². The van der Waals surface area contributed by atoms with Crippen LogP contribution in [-0.4, -0.2) is 9.91 Å². The molecule has 1 aromatic rings. The lowest BCUT2D eigenvalue weighted by Crippen LogP contribution is -2.04. The number of nitrogens with zero attached hydrogens (tertiary/aromatic N) is 2. The summed E-state index contributed by atoms with van der Waals surface area (Å²) in [6.07, 6.45) is -2.95. The van der Waals surface area contributed by atoms with Crippen molar-refractivity contribution < 1.29 is 13.7 Å². The summed E-state index contributed by atoms with van der Waals surface area (Å²) >= 11 is 4.75. The summed E-state index contributed by atoms with van der Waals surface area (Å²) in [6.45, 7) is 0. The van der Waals surface area contributed by atoms with Crippen molar-refractivity contribution in [3.8, 4) is 0 Å². The van der Waals surface area contributed by atoms with Gasteiger partial charge in [-0.2, -0.15) is 0 Å². The van der Waals surface area contributed by atoms with E-state index >= 15 is 0 Å². The quantitative estimate of drug-likeness (QED) is 0.260. The minimum absolute atomic E-state index is 0.140. The van der Waals surface area contributed by atoms with Gasteiger partial charge in [0.15, 0.2) is 5.69 Å². The standard InChI is InChI=1S/C7H4BrF2IN2O2/c8-2-3-1-4(11)12-5(7(9)10)6(3)13(14)15/h1,7H,2H2. The second-order valence-electron chi connectivity index (χ2n) is 2.53. The molecule has 0 aliphatic carbocycles.